The van der Waals surface area contributed by atoms with Crippen LogP contribution < -0.4 is 5.11 Å². The second-order valence-corrected chi connectivity index (χ2v) is 17.9. The van der Waals surface area contributed by atoms with Gasteiger partial charge in [0.15, 0.2) is 5.79 Å². The second-order valence-electron chi connectivity index (χ2n) is 17.9. The fourth-order valence-corrected chi connectivity index (χ4v) is 10.5. The van der Waals surface area contributed by atoms with E-state index in [4.69, 9.17) is 23.7 Å². The standard InChI is InChI=1S/C42H70O11/c1-11-29(38(46)47)31-15-14-23(4)36(50-31)27(8)34(44)26(7)35(45)30(12-2)37-24(5)22-25(6)41(51-37)19-16-32(43)42(53-41)21-20-39(10,52-42)33-17-18-40(48,13-3)28(9)49-33/h16,19,23-34,36-37,43-44,48H,11-15,17-18,20-22H2,1-10H3,(H,46,47)/p-1/t23-,24-,25+,26+,27-,28-,29-,30+,31+,32+,33?,34-,36?,37?,39+,40+,41-,42-/m0/s1. The van der Waals surface area contributed by atoms with Crippen molar-refractivity contribution in [3.8, 4) is 0 Å². The summed E-state index contributed by atoms with van der Waals surface area (Å²) in [5.41, 5.74) is -1.64. The topological polar surface area (TPSA) is 164 Å². The zero-order chi connectivity index (χ0) is 39.3. The highest BCUT2D eigenvalue weighted by molar-refractivity contribution is 5.84. The average molecular weight is 750 g/mol. The first-order chi connectivity index (χ1) is 24.8. The predicted molar refractivity (Wildman–Crippen MR) is 196 cm³/mol. The number of carboxylic acid groups (broad SMARTS) is 1. The lowest BCUT2D eigenvalue weighted by molar-refractivity contribution is -0.409. The Hall–Kier alpha value is -1.44. The van der Waals surface area contributed by atoms with Crippen molar-refractivity contribution < 1.29 is 53.7 Å². The third kappa shape index (κ3) is 7.94. The minimum atomic E-state index is -1.37. The Morgan fingerprint density at radius 1 is 0.906 bits per heavy atom. The molecule has 0 aromatic rings. The largest absolute Gasteiger partial charge is 0.550 e. The molecule has 4 saturated heterocycles. The van der Waals surface area contributed by atoms with Gasteiger partial charge >= 0.3 is 0 Å². The molecule has 0 saturated carbocycles. The van der Waals surface area contributed by atoms with Crippen LogP contribution in [0.3, 0.4) is 0 Å². The smallest absolute Gasteiger partial charge is 0.202 e. The van der Waals surface area contributed by atoms with Gasteiger partial charge in [0, 0.05) is 42.0 Å². The third-order valence-corrected chi connectivity index (χ3v) is 14.4. The van der Waals surface area contributed by atoms with Crippen LogP contribution >= 0.6 is 0 Å². The summed E-state index contributed by atoms with van der Waals surface area (Å²) in [4.78, 5) is 26.2. The number of ether oxygens (including phenoxy) is 5. The van der Waals surface area contributed by atoms with Crippen LogP contribution in [0.15, 0.2) is 12.2 Å². The van der Waals surface area contributed by atoms with E-state index in [1.54, 1.807) is 19.1 Å². The van der Waals surface area contributed by atoms with Crippen molar-refractivity contribution in [2.24, 2.45) is 41.4 Å². The fourth-order valence-electron chi connectivity index (χ4n) is 10.5. The van der Waals surface area contributed by atoms with Gasteiger partial charge in [0.25, 0.3) is 0 Å². The Bertz CT molecular complexity index is 1320. The van der Waals surface area contributed by atoms with E-state index in [-0.39, 0.29) is 35.7 Å². The monoisotopic (exact) mass is 749 g/mol. The lowest BCUT2D eigenvalue weighted by Crippen LogP contribution is -2.63. The molecule has 0 radical (unpaired) electrons. The highest BCUT2D eigenvalue weighted by atomic mass is 16.8. The summed E-state index contributed by atoms with van der Waals surface area (Å²) in [5.74, 6) is -6.24. The molecule has 304 valence electrons. The highest BCUT2D eigenvalue weighted by Gasteiger charge is 2.63. The van der Waals surface area contributed by atoms with Gasteiger partial charge < -0.3 is 48.9 Å². The lowest BCUT2D eigenvalue weighted by atomic mass is 9.72. The lowest BCUT2D eigenvalue weighted by Gasteiger charge is -2.54. The van der Waals surface area contributed by atoms with E-state index in [9.17, 15) is 30.0 Å². The maximum absolute atomic E-state index is 14.4. The van der Waals surface area contributed by atoms with Crippen LogP contribution in [0.5, 0.6) is 0 Å². The van der Waals surface area contributed by atoms with Gasteiger partial charge in [0.2, 0.25) is 5.79 Å². The quantitative estimate of drug-likeness (QED) is 0.234. The van der Waals surface area contributed by atoms with E-state index in [0.717, 1.165) is 6.42 Å². The van der Waals surface area contributed by atoms with E-state index in [1.807, 2.05) is 41.5 Å². The minimum Gasteiger partial charge on any atom is -0.550 e. The van der Waals surface area contributed by atoms with Gasteiger partial charge in [-0.1, -0.05) is 55.4 Å². The highest BCUT2D eigenvalue weighted by Crippen LogP contribution is 2.54. The molecule has 11 heteroatoms. The van der Waals surface area contributed by atoms with Gasteiger partial charge in [0.1, 0.15) is 11.9 Å². The van der Waals surface area contributed by atoms with Crippen molar-refractivity contribution >= 4 is 11.8 Å². The molecule has 2 spiro atoms. The van der Waals surface area contributed by atoms with Crippen molar-refractivity contribution in [1.82, 2.24) is 0 Å². The number of carbonyl (C=O) groups excluding carboxylic acids is 2. The van der Waals surface area contributed by atoms with Crippen LogP contribution in [-0.2, 0) is 33.3 Å². The van der Waals surface area contributed by atoms with Gasteiger partial charge in [-0.25, -0.2) is 0 Å². The number of hydrogen-bond donors (Lipinski definition) is 3. The summed E-state index contributed by atoms with van der Waals surface area (Å²) in [7, 11) is 0. The SMILES string of the molecule is CC[C@H](C(=O)[C@H](C)[C@H](O)[C@H](C)C1O[C@@H]([C@H](CC)C(=O)[O-])CC[C@@H]1C)C1O[C@]2(C=C[C@@H](O)[C@]3(CC[C@](C)(C4CC[C@](O)(CC)[C@H](C)O4)O3)O2)[C@H](C)C[C@@H]1C. The molecule has 18 atom stereocenters. The van der Waals surface area contributed by atoms with Gasteiger partial charge in [-0.2, -0.15) is 0 Å². The number of rotatable bonds is 12. The van der Waals surface area contributed by atoms with E-state index < -0.39 is 82.9 Å². The van der Waals surface area contributed by atoms with E-state index >= 15 is 0 Å². The van der Waals surface area contributed by atoms with Crippen LogP contribution in [0, 0.1) is 41.4 Å². The molecule has 5 heterocycles. The normalized spacial score (nSPS) is 46.2. The molecule has 3 unspecified atom stereocenters. The zero-order valence-corrected chi connectivity index (χ0v) is 33.9. The molecule has 4 fully saturated rings. The fraction of sp³-hybridized carbons (Fsp3) is 0.905. The maximum Gasteiger partial charge on any atom is 0.202 e. The molecule has 3 N–H and O–H groups in total. The van der Waals surface area contributed by atoms with Crippen LogP contribution in [0.4, 0.5) is 0 Å². The summed E-state index contributed by atoms with van der Waals surface area (Å²) < 4.78 is 33.4. The van der Waals surface area contributed by atoms with Gasteiger partial charge in [-0.05, 0) is 95.6 Å². The van der Waals surface area contributed by atoms with Crippen molar-refractivity contribution in [2.75, 3.05) is 0 Å². The number of aliphatic hydroxyl groups is 3. The summed E-state index contributed by atoms with van der Waals surface area (Å²) >= 11 is 0. The molecular formula is C42H69O11-. The molecule has 0 aliphatic carbocycles. The maximum atomic E-state index is 14.4. The molecular weight excluding hydrogens is 680 g/mol. The Morgan fingerprint density at radius 2 is 1.58 bits per heavy atom. The molecule has 0 bridgehead atoms. The zero-order valence-electron chi connectivity index (χ0n) is 33.9. The van der Waals surface area contributed by atoms with Crippen LogP contribution in [0.25, 0.3) is 0 Å². The first kappa shape index (κ1) is 42.7. The number of carboxylic acids is 1. The summed E-state index contributed by atoms with van der Waals surface area (Å²) in [6.45, 7) is 19.5. The van der Waals surface area contributed by atoms with Crippen molar-refractivity contribution in [1.29, 1.82) is 0 Å². The predicted octanol–water partition coefficient (Wildman–Crippen LogP) is 4.85. The molecule has 0 aromatic carbocycles. The van der Waals surface area contributed by atoms with Gasteiger partial charge in [-0.3, -0.25) is 4.79 Å². The summed E-state index contributed by atoms with van der Waals surface area (Å²) in [6.07, 6.45) is 5.22. The number of Topliss-reactive ketones (excluding diaryl/α,β-unsaturated/α-hetero) is 1. The van der Waals surface area contributed by atoms with Crippen LogP contribution in [0.1, 0.15) is 133 Å². The van der Waals surface area contributed by atoms with E-state index in [1.165, 1.54) is 0 Å². The molecule has 5 rings (SSSR count). The number of carbonyl (C=O) groups is 2. The van der Waals surface area contributed by atoms with Gasteiger partial charge in [-0.15, -0.1) is 0 Å². The van der Waals surface area contributed by atoms with E-state index in [2.05, 4.69) is 20.8 Å². The molecule has 11 nitrogen and oxygen atoms in total. The van der Waals surface area contributed by atoms with Crippen molar-refractivity contribution in [3.05, 3.63) is 12.2 Å². The second kappa shape index (κ2) is 16.2. The average Bonchev–Trinajstić information content (AvgIpc) is 3.47. The Balaban J connectivity index is 1.31. The van der Waals surface area contributed by atoms with Crippen LogP contribution in [-0.4, -0.2) is 92.6 Å². The van der Waals surface area contributed by atoms with Gasteiger partial charge in [0.05, 0.1) is 47.8 Å². The summed E-state index contributed by atoms with van der Waals surface area (Å²) in [5, 5.41) is 46.0. The van der Waals surface area contributed by atoms with Crippen molar-refractivity contribution in [3.63, 3.8) is 0 Å². The molecule has 0 aromatic heterocycles. The Labute approximate surface area is 317 Å². The van der Waals surface area contributed by atoms with Crippen LogP contribution in [0.2, 0.25) is 0 Å². The number of aliphatic carboxylic acids is 1. The molecule has 0 amide bonds. The minimum absolute atomic E-state index is 0.00774. The van der Waals surface area contributed by atoms with E-state index in [0.29, 0.717) is 57.8 Å². The van der Waals surface area contributed by atoms with Crippen molar-refractivity contribution in [2.45, 2.75) is 199 Å². The Morgan fingerprint density at radius 3 is 2.19 bits per heavy atom. The number of ketones is 1. The summed E-state index contributed by atoms with van der Waals surface area (Å²) in [6, 6.07) is 0. The first-order valence-electron chi connectivity index (χ1n) is 20.7. The number of aliphatic hydroxyl groups excluding tert-OH is 2. The third-order valence-electron chi connectivity index (χ3n) is 14.4. The molecule has 53 heavy (non-hydrogen) atoms. The Kier molecular flexibility index (Phi) is 13.0. The first-order valence-corrected chi connectivity index (χ1v) is 20.7. The molecule has 5 aliphatic heterocycles. The molecule has 5 aliphatic rings. The number of hydrogen-bond acceptors (Lipinski definition) is 11.